The molecule has 0 bridgehead atoms. The lowest BCUT2D eigenvalue weighted by atomic mass is 10.3. The van der Waals surface area contributed by atoms with E-state index in [0.29, 0.717) is 6.42 Å². The molecule has 1 saturated carbocycles. The fourth-order valence-electron chi connectivity index (χ4n) is 1.34. The first-order valence-electron chi connectivity index (χ1n) is 4.32. The van der Waals surface area contributed by atoms with Crippen LogP contribution in [0.1, 0.15) is 38.5 Å². The van der Waals surface area contributed by atoms with Crippen LogP contribution in [0.5, 0.6) is 0 Å². The van der Waals surface area contributed by atoms with Crippen LogP contribution in [0, 0.1) is 11.3 Å². The van der Waals surface area contributed by atoms with Crippen molar-refractivity contribution in [3.63, 3.8) is 0 Å². The lowest BCUT2D eigenvalue weighted by molar-refractivity contribution is 0.859. The Kier molecular flexibility index (Phi) is 3.68. The highest BCUT2D eigenvalue weighted by Gasteiger charge is 2.06. The zero-order valence-corrected chi connectivity index (χ0v) is 6.84. The van der Waals surface area contributed by atoms with E-state index in [4.69, 9.17) is 5.26 Å². The van der Waals surface area contributed by atoms with Crippen molar-refractivity contribution < 1.29 is 0 Å². The van der Waals surface area contributed by atoms with Gasteiger partial charge in [0.05, 0.1) is 6.07 Å². The summed E-state index contributed by atoms with van der Waals surface area (Å²) in [5.74, 6) is 0. The predicted octanol–water partition coefficient (Wildman–Crippen LogP) is 2.31. The minimum absolute atomic E-state index is 0.650. The normalized spacial score (nSPS) is 16.5. The Morgan fingerprint density at radius 1 is 1.36 bits per heavy atom. The van der Waals surface area contributed by atoms with Gasteiger partial charge in [-0.05, 0) is 32.1 Å². The maximum absolute atomic E-state index is 8.26. The lowest BCUT2D eigenvalue weighted by Gasteiger charge is -1.93. The summed E-state index contributed by atoms with van der Waals surface area (Å²) in [6.45, 7) is 0.864. The number of hydrogen-bond acceptors (Lipinski definition) is 2. The van der Waals surface area contributed by atoms with Crippen molar-refractivity contribution in [2.24, 2.45) is 4.99 Å². The third-order valence-electron chi connectivity index (χ3n) is 1.96. The second kappa shape index (κ2) is 4.90. The predicted molar refractivity (Wildman–Crippen MR) is 45.6 cm³/mol. The standard InChI is InChI=1S/C9H14N2/c10-7-3-4-8-11-9-5-1-2-6-9/h1-6,8H2. The van der Waals surface area contributed by atoms with E-state index < -0.39 is 0 Å². The van der Waals surface area contributed by atoms with Crippen LogP contribution in [-0.2, 0) is 0 Å². The molecule has 0 aliphatic heterocycles. The van der Waals surface area contributed by atoms with Gasteiger partial charge in [0.1, 0.15) is 0 Å². The van der Waals surface area contributed by atoms with Crippen LogP contribution < -0.4 is 0 Å². The van der Waals surface area contributed by atoms with Gasteiger partial charge in [-0.1, -0.05) is 0 Å². The molecule has 0 radical (unpaired) electrons. The van der Waals surface area contributed by atoms with E-state index in [9.17, 15) is 0 Å². The summed E-state index contributed by atoms with van der Waals surface area (Å²) in [7, 11) is 0. The molecule has 0 unspecified atom stereocenters. The van der Waals surface area contributed by atoms with Crippen molar-refractivity contribution in [2.75, 3.05) is 6.54 Å². The topological polar surface area (TPSA) is 36.1 Å². The molecule has 1 aliphatic rings. The van der Waals surface area contributed by atoms with Gasteiger partial charge >= 0.3 is 0 Å². The van der Waals surface area contributed by atoms with E-state index in [1.54, 1.807) is 0 Å². The van der Waals surface area contributed by atoms with Gasteiger partial charge in [0.2, 0.25) is 0 Å². The third kappa shape index (κ3) is 3.18. The van der Waals surface area contributed by atoms with Gasteiger partial charge in [-0.25, -0.2) is 0 Å². The number of hydrogen-bond donors (Lipinski definition) is 0. The van der Waals surface area contributed by atoms with Crippen LogP contribution in [0.25, 0.3) is 0 Å². The average Bonchev–Trinajstić information content (AvgIpc) is 2.50. The Morgan fingerprint density at radius 2 is 2.09 bits per heavy atom. The quantitative estimate of drug-likeness (QED) is 0.568. The minimum Gasteiger partial charge on any atom is -0.294 e. The van der Waals surface area contributed by atoms with Crippen LogP contribution in [0.4, 0.5) is 0 Å². The van der Waals surface area contributed by atoms with E-state index in [1.165, 1.54) is 31.4 Å². The summed E-state index contributed by atoms with van der Waals surface area (Å²) in [6, 6.07) is 2.12. The molecule has 0 spiro atoms. The molecule has 0 N–H and O–H groups in total. The van der Waals surface area contributed by atoms with Gasteiger partial charge < -0.3 is 0 Å². The van der Waals surface area contributed by atoms with Crippen LogP contribution in [0.2, 0.25) is 0 Å². The number of aliphatic imine (C=N–C) groups is 1. The summed E-state index contributed by atoms with van der Waals surface area (Å²) in [6.07, 6.45) is 6.62. The zero-order chi connectivity index (χ0) is 7.94. The summed E-state index contributed by atoms with van der Waals surface area (Å²) in [4.78, 5) is 4.43. The van der Waals surface area contributed by atoms with Gasteiger partial charge in [-0.2, -0.15) is 5.26 Å². The van der Waals surface area contributed by atoms with Gasteiger partial charge in [-0.15, -0.1) is 0 Å². The SMILES string of the molecule is N#CCCCN=C1CCCC1. The van der Waals surface area contributed by atoms with Crippen molar-refractivity contribution in [3.05, 3.63) is 0 Å². The smallest absolute Gasteiger partial charge is 0.0622 e. The van der Waals surface area contributed by atoms with Crippen LogP contribution >= 0.6 is 0 Å². The van der Waals surface area contributed by atoms with Crippen molar-refractivity contribution >= 4 is 5.71 Å². The molecule has 0 aromatic carbocycles. The van der Waals surface area contributed by atoms with Crippen LogP contribution in [0.15, 0.2) is 4.99 Å². The molecule has 2 nitrogen and oxygen atoms in total. The highest BCUT2D eigenvalue weighted by Crippen LogP contribution is 2.14. The second-order valence-electron chi connectivity index (χ2n) is 2.92. The fraction of sp³-hybridized carbons (Fsp3) is 0.778. The van der Waals surface area contributed by atoms with Crippen molar-refractivity contribution in [1.82, 2.24) is 0 Å². The molecular formula is C9H14N2. The van der Waals surface area contributed by atoms with E-state index >= 15 is 0 Å². The molecule has 0 aromatic rings. The van der Waals surface area contributed by atoms with Crippen molar-refractivity contribution in [1.29, 1.82) is 5.26 Å². The van der Waals surface area contributed by atoms with Crippen LogP contribution in [0.3, 0.4) is 0 Å². The molecule has 11 heavy (non-hydrogen) atoms. The fourth-order valence-corrected chi connectivity index (χ4v) is 1.34. The number of nitriles is 1. The average molecular weight is 150 g/mol. The summed E-state index contributed by atoms with van der Waals surface area (Å²) in [5.41, 5.74) is 1.38. The molecule has 0 aromatic heterocycles. The first-order chi connectivity index (χ1) is 5.43. The summed E-state index contributed by atoms with van der Waals surface area (Å²) < 4.78 is 0. The van der Waals surface area contributed by atoms with Gasteiger partial charge in [0.25, 0.3) is 0 Å². The maximum Gasteiger partial charge on any atom is 0.0622 e. The van der Waals surface area contributed by atoms with Crippen LogP contribution in [-0.4, -0.2) is 12.3 Å². The van der Waals surface area contributed by atoms with E-state index in [-0.39, 0.29) is 0 Å². The first kappa shape index (κ1) is 8.26. The molecular weight excluding hydrogens is 136 g/mol. The largest absolute Gasteiger partial charge is 0.294 e. The molecule has 0 atom stereocenters. The Bertz CT molecular complexity index is 168. The molecule has 60 valence electrons. The Balaban J connectivity index is 2.09. The highest BCUT2D eigenvalue weighted by atomic mass is 14.7. The van der Waals surface area contributed by atoms with Gasteiger partial charge in [0.15, 0.2) is 0 Å². The molecule has 1 aliphatic carbocycles. The van der Waals surface area contributed by atoms with Gasteiger partial charge in [-0.3, -0.25) is 4.99 Å². The second-order valence-corrected chi connectivity index (χ2v) is 2.92. The van der Waals surface area contributed by atoms with E-state index in [0.717, 1.165) is 13.0 Å². The van der Waals surface area contributed by atoms with Crippen molar-refractivity contribution in [2.45, 2.75) is 38.5 Å². The lowest BCUT2D eigenvalue weighted by Crippen LogP contribution is -1.91. The summed E-state index contributed by atoms with van der Waals surface area (Å²) in [5, 5.41) is 8.26. The number of rotatable bonds is 3. The highest BCUT2D eigenvalue weighted by molar-refractivity contribution is 5.86. The molecule has 1 fully saturated rings. The number of nitrogens with zero attached hydrogens (tertiary/aromatic N) is 2. The third-order valence-corrected chi connectivity index (χ3v) is 1.96. The Labute approximate surface area is 67.9 Å². The summed E-state index contributed by atoms with van der Waals surface area (Å²) >= 11 is 0. The molecule has 0 heterocycles. The first-order valence-corrected chi connectivity index (χ1v) is 4.32. The molecule has 0 saturated heterocycles. The molecule has 1 rings (SSSR count). The molecule has 2 heteroatoms. The zero-order valence-electron chi connectivity index (χ0n) is 6.84. The number of unbranched alkanes of at least 4 members (excludes halogenated alkanes) is 1. The monoisotopic (exact) mass is 150 g/mol. The Hall–Kier alpha value is -0.840. The maximum atomic E-state index is 8.26. The van der Waals surface area contributed by atoms with Crippen molar-refractivity contribution in [3.8, 4) is 6.07 Å². The van der Waals surface area contributed by atoms with Gasteiger partial charge in [0, 0.05) is 18.7 Å². The minimum atomic E-state index is 0.650. The Morgan fingerprint density at radius 3 is 2.73 bits per heavy atom. The molecule has 0 amide bonds. The van der Waals surface area contributed by atoms with E-state index in [2.05, 4.69) is 11.1 Å². The van der Waals surface area contributed by atoms with E-state index in [1.807, 2.05) is 0 Å².